The van der Waals surface area contributed by atoms with Crippen LogP contribution in [0.2, 0.25) is 0 Å². The molecule has 1 amide bonds. The molecule has 1 saturated carbocycles. The fourth-order valence-corrected chi connectivity index (χ4v) is 2.23. The molecule has 2 rings (SSSR count). The number of carbonyl (C=O) groups excluding carboxylic acids is 1. The molecule has 1 aromatic rings. The zero-order chi connectivity index (χ0) is 12.3. The molecule has 0 spiro atoms. The fraction of sp³-hybridized carbons (Fsp3) is 0.538. The molecule has 1 heterocycles. The average molecular weight is 233 g/mol. The van der Waals surface area contributed by atoms with Gasteiger partial charge in [0.15, 0.2) is 0 Å². The molecule has 92 valence electrons. The van der Waals surface area contributed by atoms with Crippen LogP contribution in [0.25, 0.3) is 0 Å². The first-order chi connectivity index (χ1) is 8.15. The zero-order valence-electron chi connectivity index (χ0n) is 10.1. The van der Waals surface area contributed by atoms with Crippen LogP contribution in [0.15, 0.2) is 18.3 Å². The Morgan fingerprint density at radius 1 is 1.35 bits per heavy atom. The number of anilines is 2. The van der Waals surface area contributed by atoms with E-state index in [1.165, 1.54) is 0 Å². The Hall–Kier alpha value is -1.58. The number of rotatable bonds is 2. The Morgan fingerprint density at radius 2 is 2.06 bits per heavy atom. The lowest BCUT2D eigenvalue weighted by Gasteiger charge is -2.25. The zero-order valence-corrected chi connectivity index (χ0v) is 10.1. The summed E-state index contributed by atoms with van der Waals surface area (Å²) >= 11 is 0. The summed E-state index contributed by atoms with van der Waals surface area (Å²) < 4.78 is 0. The van der Waals surface area contributed by atoms with Crippen molar-refractivity contribution < 1.29 is 4.79 Å². The third-order valence-electron chi connectivity index (χ3n) is 3.42. The number of pyridine rings is 1. The highest BCUT2D eigenvalue weighted by molar-refractivity contribution is 5.91. The van der Waals surface area contributed by atoms with Crippen LogP contribution in [0.1, 0.15) is 32.6 Å². The Bertz CT molecular complexity index is 380. The quantitative estimate of drug-likeness (QED) is 0.824. The molecule has 4 heteroatoms. The highest BCUT2D eigenvalue weighted by Gasteiger charge is 2.24. The second-order valence-electron chi connectivity index (χ2n) is 4.92. The molecule has 1 aliphatic rings. The van der Waals surface area contributed by atoms with Gasteiger partial charge in [0.2, 0.25) is 5.91 Å². The van der Waals surface area contributed by atoms with Crippen molar-refractivity contribution in [1.29, 1.82) is 0 Å². The van der Waals surface area contributed by atoms with Crippen molar-refractivity contribution >= 4 is 17.4 Å². The Kier molecular flexibility index (Phi) is 3.61. The van der Waals surface area contributed by atoms with Gasteiger partial charge in [-0.1, -0.05) is 6.92 Å². The number of amides is 1. The number of aromatic nitrogens is 1. The first-order valence-corrected chi connectivity index (χ1v) is 6.17. The SMILES string of the molecule is CC1CCC(C(=O)Nc2ccc(N)cn2)CC1. The van der Waals surface area contributed by atoms with E-state index in [0.29, 0.717) is 11.5 Å². The monoisotopic (exact) mass is 233 g/mol. The smallest absolute Gasteiger partial charge is 0.228 e. The van der Waals surface area contributed by atoms with Crippen LogP contribution in [-0.4, -0.2) is 10.9 Å². The maximum absolute atomic E-state index is 12.0. The van der Waals surface area contributed by atoms with E-state index in [0.717, 1.165) is 31.6 Å². The van der Waals surface area contributed by atoms with E-state index in [-0.39, 0.29) is 11.8 Å². The van der Waals surface area contributed by atoms with Crippen molar-refractivity contribution in [3.05, 3.63) is 18.3 Å². The normalized spacial score (nSPS) is 24.3. The summed E-state index contributed by atoms with van der Waals surface area (Å²) in [6.07, 6.45) is 5.82. The fourth-order valence-electron chi connectivity index (χ4n) is 2.23. The minimum Gasteiger partial charge on any atom is -0.397 e. The van der Waals surface area contributed by atoms with Crippen molar-refractivity contribution in [2.24, 2.45) is 11.8 Å². The molecule has 4 nitrogen and oxygen atoms in total. The predicted octanol–water partition coefficient (Wildman–Crippen LogP) is 2.43. The lowest BCUT2D eigenvalue weighted by molar-refractivity contribution is -0.121. The third kappa shape index (κ3) is 3.19. The Balaban J connectivity index is 1.90. The van der Waals surface area contributed by atoms with E-state index < -0.39 is 0 Å². The minimum absolute atomic E-state index is 0.0918. The van der Waals surface area contributed by atoms with Crippen LogP contribution in [0, 0.1) is 11.8 Å². The van der Waals surface area contributed by atoms with Crippen molar-refractivity contribution in [1.82, 2.24) is 4.98 Å². The highest BCUT2D eigenvalue weighted by Crippen LogP contribution is 2.28. The molecule has 0 aliphatic heterocycles. The van der Waals surface area contributed by atoms with Gasteiger partial charge in [-0.05, 0) is 43.7 Å². The van der Waals surface area contributed by atoms with Crippen LogP contribution in [-0.2, 0) is 4.79 Å². The van der Waals surface area contributed by atoms with Crippen LogP contribution in [0.5, 0.6) is 0 Å². The summed E-state index contributed by atoms with van der Waals surface area (Å²) in [5.41, 5.74) is 6.15. The van der Waals surface area contributed by atoms with E-state index in [9.17, 15) is 4.79 Å². The molecule has 0 unspecified atom stereocenters. The first kappa shape index (κ1) is 11.9. The number of nitrogen functional groups attached to an aromatic ring is 1. The van der Waals surface area contributed by atoms with Gasteiger partial charge >= 0.3 is 0 Å². The van der Waals surface area contributed by atoms with E-state index in [4.69, 9.17) is 5.73 Å². The molecule has 0 bridgehead atoms. The van der Waals surface area contributed by atoms with Crippen molar-refractivity contribution in [3.8, 4) is 0 Å². The standard InChI is InChI=1S/C13H19N3O/c1-9-2-4-10(5-3-9)13(17)16-12-7-6-11(14)8-15-12/h6-10H,2-5,14H2,1H3,(H,15,16,17). The van der Waals surface area contributed by atoms with Gasteiger partial charge in [-0.15, -0.1) is 0 Å². The maximum Gasteiger partial charge on any atom is 0.228 e. The molecule has 3 N–H and O–H groups in total. The molecule has 1 aliphatic carbocycles. The van der Waals surface area contributed by atoms with Gasteiger partial charge in [0.05, 0.1) is 11.9 Å². The van der Waals surface area contributed by atoms with Gasteiger partial charge in [-0.3, -0.25) is 4.79 Å². The highest BCUT2D eigenvalue weighted by atomic mass is 16.1. The van der Waals surface area contributed by atoms with Crippen molar-refractivity contribution in [3.63, 3.8) is 0 Å². The van der Waals surface area contributed by atoms with E-state index in [1.54, 1.807) is 18.3 Å². The summed E-state index contributed by atoms with van der Waals surface area (Å²) in [4.78, 5) is 16.0. The average Bonchev–Trinajstić information content (AvgIpc) is 2.33. The van der Waals surface area contributed by atoms with Crippen LogP contribution in [0.3, 0.4) is 0 Å². The molecule has 0 atom stereocenters. The summed E-state index contributed by atoms with van der Waals surface area (Å²) in [6.45, 7) is 2.25. The largest absolute Gasteiger partial charge is 0.397 e. The summed E-state index contributed by atoms with van der Waals surface area (Å²) in [5.74, 6) is 1.58. The van der Waals surface area contributed by atoms with Crippen LogP contribution < -0.4 is 11.1 Å². The number of carbonyl (C=O) groups is 1. The van der Waals surface area contributed by atoms with Crippen LogP contribution in [0.4, 0.5) is 11.5 Å². The van der Waals surface area contributed by atoms with Gasteiger partial charge in [0, 0.05) is 5.92 Å². The molecular formula is C13H19N3O. The first-order valence-electron chi connectivity index (χ1n) is 6.17. The molecular weight excluding hydrogens is 214 g/mol. The topological polar surface area (TPSA) is 68.0 Å². The number of nitrogens with one attached hydrogen (secondary N) is 1. The molecule has 1 fully saturated rings. The van der Waals surface area contributed by atoms with Gasteiger partial charge in [-0.25, -0.2) is 4.98 Å². The molecule has 17 heavy (non-hydrogen) atoms. The maximum atomic E-state index is 12.0. The lowest BCUT2D eigenvalue weighted by atomic mass is 9.82. The molecule has 0 aromatic carbocycles. The second-order valence-corrected chi connectivity index (χ2v) is 4.92. The van der Waals surface area contributed by atoms with Crippen molar-refractivity contribution in [2.75, 3.05) is 11.1 Å². The van der Waals surface area contributed by atoms with Gasteiger partial charge < -0.3 is 11.1 Å². The summed E-state index contributed by atoms with van der Waals surface area (Å²) in [5, 5.41) is 2.85. The summed E-state index contributed by atoms with van der Waals surface area (Å²) in [6, 6.07) is 3.48. The summed E-state index contributed by atoms with van der Waals surface area (Å²) in [7, 11) is 0. The molecule has 0 saturated heterocycles. The third-order valence-corrected chi connectivity index (χ3v) is 3.42. The molecule has 1 aromatic heterocycles. The van der Waals surface area contributed by atoms with E-state index >= 15 is 0 Å². The van der Waals surface area contributed by atoms with Gasteiger partial charge in [-0.2, -0.15) is 0 Å². The second kappa shape index (κ2) is 5.17. The van der Waals surface area contributed by atoms with Gasteiger partial charge in [0.1, 0.15) is 5.82 Å². The predicted molar refractivity (Wildman–Crippen MR) is 68.4 cm³/mol. The Labute approximate surface area is 102 Å². The number of nitrogens with zero attached hydrogens (tertiary/aromatic N) is 1. The lowest BCUT2D eigenvalue weighted by Crippen LogP contribution is -2.26. The van der Waals surface area contributed by atoms with E-state index in [2.05, 4.69) is 17.2 Å². The number of nitrogens with two attached hydrogens (primary N) is 1. The van der Waals surface area contributed by atoms with E-state index in [1.807, 2.05) is 0 Å². The van der Waals surface area contributed by atoms with Crippen molar-refractivity contribution in [2.45, 2.75) is 32.6 Å². The molecule has 0 radical (unpaired) electrons. The Morgan fingerprint density at radius 3 is 2.65 bits per heavy atom. The van der Waals surface area contributed by atoms with Crippen LogP contribution >= 0.6 is 0 Å². The van der Waals surface area contributed by atoms with Gasteiger partial charge in [0.25, 0.3) is 0 Å². The minimum atomic E-state index is 0.0918. The number of hydrogen-bond acceptors (Lipinski definition) is 3. The number of hydrogen-bond donors (Lipinski definition) is 2.